The van der Waals surface area contributed by atoms with Crippen LogP contribution in [0.3, 0.4) is 0 Å². The maximum Gasteiger partial charge on any atom is 0.418 e. The number of alkyl halides is 3. The van der Waals surface area contributed by atoms with Gasteiger partial charge in [-0.3, -0.25) is 9.59 Å². The summed E-state index contributed by atoms with van der Waals surface area (Å²) in [5.74, 6) is -1.54. The zero-order chi connectivity index (χ0) is 20.4. The van der Waals surface area contributed by atoms with Crippen LogP contribution >= 0.6 is 11.6 Å². The highest BCUT2D eigenvalue weighted by molar-refractivity contribution is 6.31. The highest BCUT2D eigenvalue weighted by Gasteiger charge is 2.39. The van der Waals surface area contributed by atoms with Crippen molar-refractivity contribution in [2.24, 2.45) is 5.41 Å². The van der Waals surface area contributed by atoms with E-state index in [1.807, 2.05) is 0 Å². The number of halogens is 4. The summed E-state index contributed by atoms with van der Waals surface area (Å²) in [5.41, 5.74) is -1.83. The minimum absolute atomic E-state index is 0.382. The van der Waals surface area contributed by atoms with Crippen LogP contribution in [0.25, 0.3) is 0 Å². The largest absolute Gasteiger partial charge is 0.418 e. The number of benzene rings is 2. The Bertz CT molecular complexity index is 879. The van der Waals surface area contributed by atoms with E-state index in [2.05, 4.69) is 10.6 Å². The molecule has 2 aromatic carbocycles. The molecule has 0 saturated heterocycles. The molecule has 8 heteroatoms. The first-order valence-electron chi connectivity index (χ1n) is 7.98. The topological polar surface area (TPSA) is 58.2 Å². The summed E-state index contributed by atoms with van der Waals surface area (Å²) in [7, 11) is 0. The van der Waals surface area contributed by atoms with E-state index in [-0.39, 0.29) is 0 Å². The fourth-order valence-corrected chi connectivity index (χ4v) is 2.36. The maximum absolute atomic E-state index is 13.1. The van der Waals surface area contributed by atoms with E-state index < -0.39 is 34.7 Å². The number of nitrogens with one attached hydrogen (secondary N) is 2. The molecule has 0 unspecified atom stereocenters. The van der Waals surface area contributed by atoms with Crippen molar-refractivity contribution in [1.29, 1.82) is 0 Å². The molecule has 144 valence electrons. The molecule has 0 aliphatic carbocycles. The molecule has 0 radical (unpaired) electrons. The van der Waals surface area contributed by atoms with Gasteiger partial charge in [0.2, 0.25) is 11.8 Å². The third-order valence-corrected chi connectivity index (χ3v) is 4.45. The van der Waals surface area contributed by atoms with Crippen LogP contribution in [-0.4, -0.2) is 11.8 Å². The highest BCUT2D eigenvalue weighted by Crippen LogP contribution is 2.35. The van der Waals surface area contributed by atoms with Crippen molar-refractivity contribution in [1.82, 2.24) is 0 Å². The van der Waals surface area contributed by atoms with Gasteiger partial charge in [0, 0.05) is 10.7 Å². The lowest BCUT2D eigenvalue weighted by Crippen LogP contribution is -2.41. The van der Waals surface area contributed by atoms with E-state index in [0.29, 0.717) is 10.7 Å². The van der Waals surface area contributed by atoms with Crippen LogP contribution in [0.1, 0.15) is 25.0 Å². The Kier molecular flexibility index (Phi) is 5.85. The summed E-state index contributed by atoms with van der Waals surface area (Å²) in [6, 6.07) is 9.42. The SMILES string of the molecule is Cc1ccc(NC(=O)C(C)(C)C(=O)Nc2ccccc2C(F)(F)F)cc1Cl. The number of para-hydroxylation sites is 1. The molecule has 2 rings (SSSR count). The van der Waals surface area contributed by atoms with E-state index in [9.17, 15) is 22.8 Å². The Labute approximate surface area is 159 Å². The van der Waals surface area contributed by atoms with Gasteiger partial charge in [-0.15, -0.1) is 0 Å². The average Bonchev–Trinajstić information content (AvgIpc) is 2.57. The Hall–Kier alpha value is -2.54. The first-order valence-corrected chi connectivity index (χ1v) is 8.36. The summed E-state index contributed by atoms with van der Waals surface area (Å²) < 4.78 is 39.2. The third kappa shape index (κ3) is 4.80. The van der Waals surface area contributed by atoms with Crippen molar-refractivity contribution in [2.45, 2.75) is 26.9 Å². The van der Waals surface area contributed by atoms with Gasteiger partial charge in [0.05, 0.1) is 11.3 Å². The lowest BCUT2D eigenvalue weighted by atomic mass is 9.90. The van der Waals surface area contributed by atoms with Gasteiger partial charge in [-0.05, 0) is 50.6 Å². The summed E-state index contributed by atoms with van der Waals surface area (Å²) in [4.78, 5) is 25.0. The molecular formula is C19H18ClF3N2O2. The molecular weight excluding hydrogens is 381 g/mol. The number of hydrogen-bond acceptors (Lipinski definition) is 2. The summed E-state index contributed by atoms with van der Waals surface area (Å²) >= 11 is 6.00. The molecule has 0 fully saturated rings. The van der Waals surface area contributed by atoms with Crippen molar-refractivity contribution < 1.29 is 22.8 Å². The molecule has 0 bridgehead atoms. The molecule has 2 amide bonds. The van der Waals surface area contributed by atoms with Gasteiger partial charge in [-0.2, -0.15) is 13.2 Å². The van der Waals surface area contributed by atoms with Gasteiger partial charge in [-0.1, -0.05) is 29.8 Å². The number of carbonyl (C=O) groups is 2. The zero-order valence-corrected chi connectivity index (χ0v) is 15.6. The summed E-state index contributed by atoms with van der Waals surface area (Å²) in [6.07, 6.45) is -4.63. The lowest BCUT2D eigenvalue weighted by molar-refractivity contribution is -0.137. The molecule has 2 aromatic rings. The van der Waals surface area contributed by atoms with Gasteiger partial charge in [-0.25, -0.2) is 0 Å². The number of amides is 2. The second-order valence-electron chi connectivity index (χ2n) is 6.54. The standard InChI is InChI=1S/C19H18ClF3N2O2/c1-11-8-9-12(10-14(11)20)24-16(26)18(2,3)17(27)25-15-7-5-4-6-13(15)19(21,22)23/h4-10H,1-3H3,(H,24,26)(H,25,27). The third-order valence-electron chi connectivity index (χ3n) is 4.05. The molecule has 0 saturated carbocycles. The molecule has 0 heterocycles. The van der Waals surface area contributed by atoms with Crippen LogP contribution in [0.5, 0.6) is 0 Å². The van der Waals surface area contributed by atoms with Gasteiger partial charge < -0.3 is 10.6 Å². The molecule has 4 nitrogen and oxygen atoms in total. The monoisotopic (exact) mass is 398 g/mol. The highest BCUT2D eigenvalue weighted by atomic mass is 35.5. The van der Waals surface area contributed by atoms with E-state index in [1.54, 1.807) is 19.1 Å². The normalized spacial score (nSPS) is 11.8. The number of rotatable bonds is 4. The zero-order valence-electron chi connectivity index (χ0n) is 14.9. The quantitative estimate of drug-likeness (QED) is 0.689. The van der Waals surface area contributed by atoms with Crippen LogP contribution in [0, 0.1) is 12.3 Å². The van der Waals surface area contributed by atoms with Crippen LogP contribution in [-0.2, 0) is 15.8 Å². The van der Waals surface area contributed by atoms with Gasteiger partial charge in [0.1, 0.15) is 5.41 Å². The van der Waals surface area contributed by atoms with E-state index in [0.717, 1.165) is 17.7 Å². The first kappa shape index (κ1) is 20.8. The molecule has 0 spiro atoms. The van der Waals surface area contributed by atoms with E-state index >= 15 is 0 Å². The number of hydrogen-bond donors (Lipinski definition) is 2. The predicted molar refractivity (Wildman–Crippen MR) is 98.7 cm³/mol. The second-order valence-corrected chi connectivity index (χ2v) is 6.95. The fourth-order valence-electron chi connectivity index (χ4n) is 2.18. The number of carbonyl (C=O) groups excluding carboxylic acids is 2. The summed E-state index contributed by atoms with van der Waals surface area (Å²) in [6.45, 7) is 4.44. The number of anilines is 2. The van der Waals surface area contributed by atoms with Crippen molar-refractivity contribution in [3.8, 4) is 0 Å². The van der Waals surface area contributed by atoms with Crippen LogP contribution < -0.4 is 10.6 Å². The Balaban J connectivity index is 2.19. The van der Waals surface area contributed by atoms with Crippen molar-refractivity contribution >= 4 is 34.8 Å². The van der Waals surface area contributed by atoms with Gasteiger partial charge >= 0.3 is 6.18 Å². The maximum atomic E-state index is 13.1. The lowest BCUT2D eigenvalue weighted by Gasteiger charge is -2.24. The molecule has 0 atom stereocenters. The van der Waals surface area contributed by atoms with Crippen molar-refractivity contribution in [3.05, 3.63) is 58.6 Å². The molecule has 27 heavy (non-hydrogen) atoms. The van der Waals surface area contributed by atoms with Crippen LogP contribution in [0.2, 0.25) is 5.02 Å². The molecule has 0 aliphatic heterocycles. The molecule has 0 aromatic heterocycles. The summed E-state index contributed by atoms with van der Waals surface area (Å²) in [5, 5.41) is 5.19. The van der Waals surface area contributed by atoms with Gasteiger partial charge in [0.25, 0.3) is 0 Å². The van der Waals surface area contributed by atoms with Crippen LogP contribution in [0.15, 0.2) is 42.5 Å². The van der Waals surface area contributed by atoms with Gasteiger partial charge in [0.15, 0.2) is 0 Å². The molecule has 0 aliphatic rings. The van der Waals surface area contributed by atoms with Crippen molar-refractivity contribution in [3.63, 3.8) is 0 Å². The van der Waals surface area contributed by atoms with Crippen LogP contribution in [0.4, 0.5) is 24.5 Å². The minimum Gasteiger partial charge on any atom is -0.325 e. The second kappa shape index (κ2) is 7.60. The predicted octanol–water partition coefficient (Wildman–Crippen LogP) is 5.27. The minimum atomic E-state index is -4.63. The number of aryl methyl sites for hydroxylation is 1. The average molecular weight is 399 g/mol. The Morgan fingerprint density at radius 1 is 0.963 bits per heavy atom. The smallest absolute Gasteiger partial charge is 0.325 e. The fraction of sp³-hybridized carbons (Fsp3) is 0.263. The van der Waals surface area contributed by atoms with Crippen molar-refractivity contribution in [2.75, 3.05) is 10.6 Å². The molecule has 2 N–H and O–H groups in total. The van der Waals surface area contributed by atoms with E-state index in [4.69, 9.17) is 11.6 Å². The Morgan fingerprint density at radius 2 is 1.56 bits per heavy atom. The van der Waals surface area contributed by atoms with E-state index in [1.165, 1.54) is 32.0 Å². The Morgan fingerprint density at radius 3 is 2.15 bits per heavy atom. The first-order chi connectivity index (χ1) is 12.4.